The summed E-state index contributed by atoms with van der Waals surface area (Å²) in [5.74, 6) is 1.50. The number of aryl methyl sites for hydroxylation is 1. The van der Waals surface area contributed by atoms with Crippen molar-refractivity contribution in [3.63, 3.8) is 0 Å². The van der Waals surface area contributed by atoms with Crippen LogP contribution < -0.4 is 15.5 Å². The molecule has 0 spiro atoms. The van der Waals surface area contributed by atoms with Gasteiger partial charge in [-0.05, 0) is 12.5 Å². The van der Waals surface area contributed by atoms with Gasteiger partial charge in [-0.1, -0.05) is 0 Å². The van der Waals surface area contributed by atoms with E-state index >= 15 is 0 Å². The molecule has 2 aromatic heterocycles. The summed E-state index contributed by atoms with van der Waals surface area (Å²) < 4.78 is 7.30. The van der Waals surface area contributed by atoms with Crippen LogP contribution in [0.5, 0.6) is 0 Å². The Morgan fingerprint density at radius 1 is 1.38 bits per heavy atom. The number of nitrogens with zero attached hydrogens (tertiary/aromatic N) is 5. The number of carbonyl (C=O) groups is 1. The maximum absolute atomic E-state index is 12.4. The third kappa shape index (κ3) is 4.48. The maximum atomic E-state index is 12.4. The summed E-state index contributed by atoms with van der Waals surface area (Å²) in [7, 11) is 5.69. The Hall–Kier alpha value is -2.68. The minimum absolute atomic E-state index is 0.0241. The molecule has 1 aliphatic heterocycles. The first kappa shape index (κ1) is 18.1. The lowest BCUT2D eigenvalue weighted by atomic mass is 10.0. The second-order valence-corrected chi connectivity index (χ2v) is 6.57. The van der Waals surface area contributed by atoms with E-state index in [0.717, 1.165) is 17.9 Å². The first-order valence-electron chi connectivity index (χ1n) is 8.63. The number of nitrogens with one attached hydrogen (secondary N) is 2. The van der Waals surface area contributed by atoms with Gasteiger partial charge < -0.3 is 20.3 Å². The highest BCUT2D eigenvalue weighted by molar-refractivity contribution is 5.78. The van der Waals surface area contributed by atoms with E-state index < -0.39 is 0 Å². The minimum atomic E-state index is -0.0517. The molecule has 1 aliphatic rings. The molecule has 9 heteroatoms. The molecule has 0 unspecified atom stereocenters. The molecule has 2 N–H and O–H groups in total. The van der Waals surface area contributed by atoms with Crippen LogP contribution in [-0.2, 0) is 23.0 Å². The number of hydrogen-bond donors (Lipinski definition) is 2. The molecule has 2 atom stereocenters. The number of ether oxygens (including phenoxy) is 1. The molecule has 0 radical (unpaired) electrons. The Morgan fingerprint density at radius 2 is 2.23 bits per heavy atom. The first-order valence-corrected chi connectivity index (χ1v) is 8.63. The van der Waals surface area contributed by atoms with E-state index in [4.69, 9.17) is 4.74 Å². The summed E-state index contributed by atoms with van der Waals surface area (Å²) in [6.07, 6.45) is 4.27. The molecule has 0 saturated carbocycles. The topological polar surface area (TPSA) is 97.2 Å². The normalized spacial score (nSPS) is 19.8. The molecule has 0 aromatic carbocycles. The molecule has 2 aromatic rings. The van der Waals surface area contributed by atoms with Gasteiger partial charge in [-0.2, -0.15) is 5.10 Å². The molecule has 3 heterocycles. The van der Waals surface area contributed by atoms with Crippen molar-refractivity contribution >= 4 is 17.5 Å². The predicted octanol–water partition coefficient (Wildman–Crippen LogP) is 0.204. The molecule has 140 valence electrons. The van der Waals surface area contributed by atoms with Crippen LogP contribution >= 0.6 is 0 Å². The Balaban J connectivity index is 1.63. The number of amides is 1. The zero-order valence-corrected chi connectivity index (χ0v) is 15.3. The Morgan fingerprint density at radius 3 is 2.96 bits per heavy atom. The van der Waals surface area contributed by atoms with Crippen molar-refractivity contribution in [2.75, 3.05) is 37.5 Å². The summed E-state index contributed by atoms with van der Waals surface area (Å²) in [4.78, 5) is 22.8. The third-order valence-corrected chi connectivity index (χ3v) is 4.41. The fourth-order valence-electron chi connectivity index (χ4n) is 2.91. The molecule has 1 fully saturated rings. The van der Waals surface area contributed by atoms with Gasteiger partial charge in [0.25, 0.3) is 0 Å². The van der Waals surface area contributed by atoms with E-state index in [1.54, 1.807) is 10.9 Å². The largest absolute Gasteiger partial charge is 0.379 e. The SMILES string of the molecule is CN(C)c1cc(N[C@@H]2COCC[C@@H]2NC(=O)Cc2ccnn2C)ncn1. The zero-order valence-electron chi connectivity index (χ0n) is 15.3. The van der Waals surface area contributed by atoms with Crippen molar-refractivity contribution in [3.8, 4) is 0 Å². The van der Waals surface area contributed by atoms with Crippen LogP contribution in [0.15, 0.2) is 24.7 Å². The summed E-state index contributed by atoms with van der Waals surface area (Å²) >= 11 is 0. The first-order chi connectivity index (χ1) is 12.5. The average molecular weight is 359 g/mol. The lowest BCUT2D eigenvalue weighted by molar-refractivity contribution is -0.121. The van der Waals surface area contributed by atoms with Gasteiger partial charge in [0.1, 0.15) is 18.0 Å². The van der Waals surface area contributed by atoms with Crippen molar-refractivity contribution in [3.05, 3.63) is 30.4 Å². The average Bonchev–Trinajstić information content (AvgIpc) is 3.01. The highest BCUT2D eigenvalue weighted by Crippen LogP contribution is 2.16. The molecule has 0 aliphatic carbocycles. The van der Waals surface area contributed by atoms with E-state index in [0.29, 0.717) is 25.5 Å². The van der Waals surface area contributed by atoms with Gasteiger partial charge in [0.05, 0.1) is 25.1 Å². The van der Waals surface area contributed by atoms with Crippen LogP contribution in [0.1, 0.15) is 12.1 Å². The van der Waals surface area contributed by atoms with Crippen molar-refractivity contribution < 1.29 is 9.53 Å². The number of hydrogen-bond acceptors (Lipinski definition) is 7. The van der Waals surface area contributed by atoms with Crippen molar-refractivity contribution in [1.29, 1.82) is 0 Å². The second-order valence-electron chi connectivity index (χ2n) is 6.57. The van der Waals surface area contributed by atoms with E-state index in [-0.39, 0.29) is 18.0 Å². The molecule has 9 nitrogen and oxygen atoms in total. The molecule has 1 amide bonds. The molecule has 3 rings (SSSR count). The fraction of sp³-hybridized carbons (Fsp3) is 0.529. The summed E-state index contributed by atoms with van der Waals surface area (Å²) in [6.45, 7) is 1.14. The van der Waals surface area contributed by atoms with Gasteiger partial charge in [0.15, 0.2) is 0 Å². The molecule has 0 bridgehead atoms. The van der Waals surface area contributed by atoms with Crippen molar-refractivity contribution in [1.82, 2.24) is 25.1 Å². The number of rotatable bonds is 6. The van der Waals surface area contributed by atoms with E-state index in [1.807, 2.05) is 38.2 Å². The standard InChI is InChI=1S/C17H25N7O2/c1-23(2)16-9-15(18-11-19-16)21-14-10-26-7-5-13(14)22-17(25)8-12-4-6-20-24(12)3/h4,6,9,11,13-14H,5,7-8,10H2,1-3H3,(H,22,25)(H,18,19,21)/t13-,14+/m0/s1. The van der Waals surface area contributed by atoms with Crippen LogP contribution in [0, 0.1) is 0 Å². The second kappa shape index (κ2) is 8.13. The number of carbonyl (C=O) groups excluding carboxylic acids is 1. The summed E-state index contributed by atoms with van der Waals surface area (Å²) in [5.41, 5.74) is 0.880. The molecule has 26 heavy (non-hydrogen) atoms. The van der Waals surface area contributed by atoms with Gasteiger partial charge in [-0.15, -0.1) is 0 Å². The Labute approximate surface area is 152 Å². The van der Waals surface area contributed by atoms with Crippen LogP contribution in [0.4, 0.5) is 11.6 Å². The predicted molar refractivity (Wildman–Crippen MR) is 98.0 cm³/mol. The monoisotopic (exact) mass is 359 g/mol. The number of anilines is 2. The van der Waals surface area contributed by atoms with Gasteiger partial charge in [0, 0.05) is 45.7 Å². The van der Waals surface area contributed by atoms with Crippen LogP contribution in [0.3, 0.4) is 0 Å². The Bertz CT molecular complexity index is 746. The van der Waals surface area contributed by atoms with Crippen molar-refractivity contribution in [2.45, 2.75) is 24.9 Å². The highest BCUT2D eigenvalue weighted by atomic mass is 16.5. The molecular formula is C17H25N7O2. The van der Waals surface area contributed by atoms with Gasteiger partial charge in [-0.3, -0.25) is 9.48 Å². The molecular weight excluding hydrogens is 334 g/mol. The molecule has 1 saturated heterocycles. The van der Waals surface area contributed by atoms with Crippen LogP contribution in [0.25, 0.3) is 0 Å². The maximum Gasteiger partial charge on any atom is 0.226 e. The van der Waals surface area contributed by atoms with Crippen LogP contribution in [0.2, 0.25) is 0 Å². The highest BCUT2D eigenvalue weighted by Gasteiger charge is 2.27. The lowest BCUT2D eigenvalue weighted by Gasteiger charge is -2.33. The smallest absolute Gasteiger partial charge is 0.226 e. The minimum Gasteiger partial charge on any atom is -0.379 e. The third-order valence-electron chi connectivity index (χ3n) is 4.41. The fourth-order valence-corrected chi connectivity index (χ4v) is 2.91. The summed E-state index contributed by atoms with van der Waals surface area (Å²) in [6, 6.07) is 3.65. The van der Waals surface area contributed by atoms with Crippen molar-refractivity contribution in [2.24, 2.45) is 7.05 Å². The van der Waals surface area contributed by atoms with Gasteiger partial charge in [0.2, 0.25) is 5.91 Å². The van der Waals surface area contributed by atoms with E-state index in [9.17, 15) is 4.79 Å². The zero-order chi connectivity index (χ0) is 18.5. The van der Waals surface area contributed by atoms with Crippen LogP contribution in [-0.4, -0.2) is 65.0 Å². The van der Waals surface area contributed by atoms with Gasteiger partial charge in [-0.25, -0.2) is 9.97 Å². The Kier molecular flexibility index (Phi) is 5.67. The van der Waals surface area contributed by atoms with E-state index in [1.165, 1.54) is 6.33 Å². The van der Waals surface area contributed by atoms with Gasteiger partial charge >= 0.3 is 0 Å². The lowest BCUT2D eigenvalue weighted by Crippen LogP contribution is -2.52. The van der Waals surface area contributed by atoms with E-state index in [2.05, 4.69) is 25.7 Å². The number of aromatic nitrogens is 4. The summed E-state index contributed by atoms with van der Waals surface area (Å²) in [5, 5.41) is 10.6. The quantitative estimate of drug-likeness (QED) is 0.761.